The van der Waals surface area contributed by atoms with Crippen molar-refractivity contribution in [3.05, 3.63) is 0 Å². The zero-order chi connectivity index (χ0) is 21.1. The van der Waals surface area contributed by atoms with Gasteiger partial charge in [0, 0.05) is 36.2 Å². The summed E-state index contributed by atoms with van der Waals surface area (Å²) in [7, 11) is -4.88. The van der Waals surface area contributed by atoms with Crippen molar-refractivity contribution in [2.24, 2.45) is 4.99 Å². The Hall–Kier alpha value is 1.19. The standard InChI is InChI=1S/C19H47NSi7/c1-23(2,3)21-19(20-18-16-14-13-15-17-18)27(25(7,8)9,26(10,11)12)22(21)24(4,5)6/h18H,13-17H2,1-12H3. The molecule has 0 aromatic carbocycles. The van der Waals surface area contributed by atoms with Gasteiger partial charge >= 0.3 is 0 Å². The molecule has 156 valence electrons. The number of aliphatic imine (C=N–C) groups is 1. The highest BCUT2D eigenvalue weighted by molar-refractivity contribution is 8.14. The zero-order valence-electron chi connectivity index (χ0n) is 20.6. The minimum Gasteiger partial charge on any atom is -0.297 e. The molecule has 0 spiro atoms. The maximum absolute atomic E-state index is 5.91. The quantitative estimate of drug-likeness (QED) is 0.416. The third kappa shape index (κ3) is 4.32. The Kier molecular flexibility index (Phi) is 6.98. The Balaban J connectivity index is 2.87. The molecule has 0 unspecified atom stereocenters. The molecule has 1 aliphatic carbocycles. The fraction of sp³-hybridized carbons (Fsp3) is 0.947. The van der Waals surface area contributed by atoms with Gasteiger partial charge in [-0.2, -0.15) is 0 Å². The topological polar surface area (TPSA) is 12.4 Å². The number of rotatable bonds is 5. The lowest BCUT2D eigenvalue weighted by Gasteiger charge is -2.64. The van der Waals surface area contributed by atoms with Gasteiger partial charge in [0.15, 0.2) is 0 Å². The maximum Gasteiger partial charge on any atom is 0.0920 e. The average molecular weight is 486 g/mol. The van der Waals surface area contributed by atoms with E-state index < -0.39 is 37.0 Å². The lowest BCUT2D eigenvalue weighted by atomic mass is 9.96. The molecule has 2 rings (SSSR count). The molecule has 1 saturated carbocycles. The van der Waals surface area contributed by atoms with E-state index in [1.54, 1.807) is 0 Å². The Morgan fingerprint density at radius 3 is 1.48 bits per heavy atom. The van der Waals surface area contributed by atoms with Crippen LogP contribution in [0.25, 0.3) is 0 Å². The van der Waals surface area contributed by atoms with Crippen LogP contribution in [0, 0.1) is 0 Å². The Morgan fingerprint density at radius 1 is 0.704 bits per heavy atom. The Morgan fingerprint density at radius 2 is 1.15 bits per heavy atom. The number of hydrogen-bond donors (Lipinski definition) is 0. The van der Waals surface area contributed by atoms with E-state index >= 15 is 0 Å². The SMILES string of the molecule is C[Si](C)(C)[Si]1=[Si]([Si](C)(C)C)[Si]([Si](C)(C)C)([Si](C)(C)C)C1=NC1CCCCC1. The molecule has 1 heterocycles. The van der Waals surface area contributed by atoms with E-state index in [1.807, 2.05) is 0 Å². The monoisotopic (exact) mass is 485 g/mol. The van der Waals surface area contributed by atoms with Crippen LogP contribution in [0.2, 0.25) is 78.6 Å². The zero-order valence-corrected chi connectivity index (χ0v) is 27.6. The lowest BCUT2D eigenvalue weighted by Crippen LogP contribution is -2.96. The molecule has 0 saturated heterocycles. The van der Waals surface area contributed by atoms with Gasteiger partial charge < -0.3 is 0 Å². The highest BCUT2D eigenvalue weighted by Gasteiger charge is 2.69. The maximum atomic E-state index is 5.91. The largest absolute Gasteiger partial charge is 0.297 e. The minimum absolute atomic E-state index is 0.136. The van der Waals surface area contributed by atoms with E-state index in [9.17, 15) is 0 Å². The van der Waals surface area contributed by atoms with Gasteiger partial charge in [0.1, 0.15) is 0 Å². The van der Waals surface area contributed by atoms with Crippen LogP contribution in [0.4, 0.5) is 0 Å². The van der Waals surface area contributed by atoms with Crippen LogP contribution in [0.1, 0.15) is 32.1 Å². The molecular formula is C19H47NSi7. The molecule has 2 aliphatic rings. The normalized spacial score (nSPS) is 24.4. The molecule has 27 heavy (non-hydrogen) atoms. The molecule has 0 amide bonds. The van der Waals surface area contributed by atoms with Gasteiger partial charge in [-0.1, -0.05) is 97.8 Å². The second-order valence-electron chi connectivity index (χ2n) is 13.3. The average Bonchev–Trinajstić information content (AvgIpc) is 2.38. The first kappa shape index (κ1) is 24.5. The summed E-state index contributed by atoms with van der Waals surface area (Å²) in [6, 6.07) is 0.717. The van der Waals surface area contributed by atoms with Crippen LogP contribution in [0.15, 0.2) is 4.99 Å². The summed E-state index contributed by atoms with van der Waals surface area (Å²) >= 11 is 0. The van der Waals surface area contributed by atoms with Crippen LogP contribution in [0.5, 0.6) is 0 Å². The molecule has 0 N–H and O–H groups in total. The van der Waals surface area contributed by atoms with E-state index in [0.29, 0.717) is 0 Å². The van der Waals surface area contributed by atoms with E-state index in [-0.39, 0.29) is 14.3 Å². The van der Waals surface area contributed by atoms with E-state index in [1.165, 1.54) is 32.1 Å². The first-order chi connectivity index (χ1) is 12.0. The lowest BCUT2D eigenvalue weighted by molar-refractivity contribution is 0.444. The smallest absolute Gasteiger partial charge is 0.0920 e. The molecule has 1 aliphatic heterocycles. The molecule has 8 heteroatoms. The predicted molar refractivity (Wildman–Crippen MR) is 145 cm³/mol. The van der Waals surface area contributed by atoms with Gasteiger partial charge in [-0.15, -0.1) is 0 Å². The van der Waals surface area contributed by atoms with Crippen LogP contribution >= 0.6 is 0 Å². The molecule has 0 radical (unpaired) electrons. The van der Waals surface area contributed by atoms with E-state index in [4.69, 9.17) is 4.99 Å². The molecular weight excluding hydrogens is 439 g/mol. The summed E-state index contributed by atoms with van der Waals surface area (Å²) in [5.74, 6) is 0. The van der Waals surface area contributed by atoms with E-state index in [2.05, 4.69) is 83.5 Å². The van der Waals surface area contributed by atoms with Gasteiger partial charge in [0.05, 0.1) is 14.2 Å². The van der Waals surface area contributed by atoms with Crippen molar-refractivity contribution in [2.75, 3.05) is 0 Å². The van der Waals surface area contributed by atoms with Gasteiger partial charge in [0.2, 0.25) is 0 Å². The van der Waals surface area contributed by atoms with Crippen molar-refractivity contribution >= 4 is 56.3 Å². The van der Waals surface area contributed by atoms with Gasteiger partial charge in [-0.3, -0.25) is 4.99 Å². The predicted octanol–water partition coefficient (Wildman–Crippen LogP) is 6.11. The summed E-state index contributed by atoms with van der Waals surface area (Å²) in [5.41, 5.74) is 0. The summed E-state index contributed by atoms with van der Waals surface area (Å²) in [4.78, 5) is 7.99. The minimum atomic E-state index is -1.33. The van der Waals surface area contributed by atoms with E-state index in [0.717, 1.165) is 6.04 Å². The Labute approximate surface area is 177 Å². The van der Waals surface area contributed by atoms with Crippen LogP contribution in [0.3, 0.4) is 0 Å². The van der Waals surface area contributed by atoms with Gasteiger partial charge in [0.25, 0.3) is 0 Å². The van der Waals surface area contributed by atoms with Crippen molar-refractivity contribution in [1.29, 1.82) is 0 Å². The third-order valence-corrected chi connectivity index (χ3v) is 131. The third-order valence-electron chi connectivity index (χ3n) is 6.85. The number of nitrogens with zero attached hydrogens (tertiary/aromatic N) is 1. The fourth-order valence-corrected chi connectivity index (χ4v) is 245. The molecule has 0 bridgehead atoms. The van der Waals surface area contributed by atoms with Crippen LogP contribution in [-0.4, -0.2) is 62.3 Å². The fourth-order valence-electron chi connectivity index (χ4n) is 6.36. The molecule has 0 atom stereocenters. The molecule has 0 aromatic heterocycles. The Bertz CT molecular complexity index is 619. The molecule has 1 fully saturated rings. The van der Waals surface area contributed by atoms with Crippen molar-refractivity contribution in [1.82, 2.24) is 0 Å². The summed E-state index contributed by atoms with van der Waals surface area (Å²) < 4.78 is 0. The summed E-state index contributed by atoms with van der Waals surface area (Å²) in [5, 5.41) is 0. The first-order valence-corrected chi connectivity index (χ1v) is 36.3. The summed E-state index contributed by atoms with van der Waals surface area (Å²) in [6.45, 7) is 31.8. The first-order valence-electron chi connectivity index (χ1n) is 11.3. The van der Waals surface area contributed by atoms with Crippen molar-refractivity contribution in [3.63, 3.8) is 0 Å². The van der Waals surface area contributed by atoms with Gasteiger partial charge in [-0.25, -0.2) is 0 Å². The second-order valence-corrected chi connectivity index (χ2v) is 78.5. The van der Waals surface area contributed by atoms with Crippen LogP contribution in [-0.2, 0) is 0 Å². The highest BCUT2D eigenvalue weighted by atomic mass is 30.1. The highest BCUT2D eigenvalue weighted by Crippen LogP contribution is 2.41. The molecule has 0 aromatic rings. The van der Waals surface area contributed by atoms with Crippen molar-refractivity contribution in [2.45, 2.75) is 117 Å². The van der Waals surface area contributed by atoms with Crippen molar-refractivity contribution < 1.29 is 0 Å². The summed E-state index contributed by atoms with van der Waals surface area (Å²) in [6.07, 6.45) is 7.15. The molecule has 1 nitrogen and oxygen atoms in total. The van der Waals surface area contributed by atoms with Crippen LogP contribution < -0.4 is 0 Å². The second kappa shape index (κ2) is 7.71. The number of hydrogen-bond acceptors (Lipinski definition) is 1. The van der Waals surface area contributed by atoms with Gasteiger partial charge in [-0.05, 0) is 24.7 Å². The van der Waals surface area contributed by atoms with Crippen molar-refractivity contribution in [3.8, 4) is 0 Å².